The van der Waals surface area contributed by atoms with Gasteiger partial charge in [-0.1, -0.05) is 36.4 Å². The maximum atomic E-state index is 14.4. The van der Waals surface area contributed by atoms with Gasteiger partial charge in [0.25, 0.3) is 5.91 Å². The minimum absolute atomic E-state index is 0.0297. The Morgan fingerprint density at radius 1 is 0.905 bits per heavy atom. The second kappa shape index (κ2) is 11.2. The van der Waals surface area contributed by atoms with Crippen molar-refractivity contribution < 1.29 is 27.4 Å². The first-order valence-corrected chi connectivity index (χ1v) is 15.7. The van der Waals surface area contributed by atoms with E-state index in [1.165, 1.54) is 0 Å². The zero-order chi connectivity index (χ0) is 29.4. The molecule has 3 heterocycles. The summed E-state index contributed by atoms with van der Waals surface area (Å²) >= 11 is 0. The SMILES string of the molecule is COc1ccc(-c2nn(C3CCS(=O)(=O)C3)c3c2C(c2ccccc2)N(CCc2ccc(OC)c(OC)c2)C3=O)cc1. The molecule has 1 amide bonds. The Balaban J connectivity index is 1.46. The number of sulfone groups is 1. The monoisotopic (exact) mass is 587 g/mol. The third-order valence-electron chi connectivity index (χ3n) is 8.12. The molecule has 1 saturated heterocycles. The fraction of sp³-hybridized carbons (Fsp3) is 0.312. The van der Waals surface area contributed by atoms with Crippen molar-refractivity contribution in [2.45, 2.75) is 24.9 Å². The van der Waals surface area contributed by atoms with Crippen molar-refractivity contribution in [3.05, 3.63) is 95.2 Å². The molecule has 4 aromatic rings. The van der Waals surface area contributed by atoms with Crippen molar-refractivity contribution in [3.8, 4) is 28.5 Å². The second-order valence-electron chi connectivity index (χ2n) is 10.6. The summed E-state index contributed by atoms with van der Waals surface area (Å²) in [5.74, 6) is 1.89. The van der Waals surface area contributed by atoms with Gasteiger partial charge in [0.05, 0.1) is 50.6 Å². The topological polar surface area (TPSA) is 100.0 Å². The lowest BCUT2D eigenvalue weighted by molar-refractivity contribution is 0.0738. The molecule has 0 N–H and O–H groups in total. The summed E-state index contributed by atoms with van der Waals surface area (Å²) in [4.78, 5) is 16.2. The van der Waals surface area contributed by atoms with Crippen molar-refractivity contribution in [2.24, 2.45) is 0 Å². The molecule has 6 rings (SSSR count). The number of nitrogens with zero attached hydrogens (tertiary/aromatic N) is 3. The average Bonchev–Trinajstić information content (AvgIpc) is 3.67. The van der Waals surface area contributed by atoms with Gasteiger partial charge in [-0.25, -0.2) is 8.42 Å². The third-order valence-corrected chi connectivity index (χ3v) is 9.87. The van der Waals surface area contributed by atoms with Crippen LogP contribution in [0.3, 0.4) is 0 Å². The number of rotatable bonds is 9. The van der Waals surface area contributed by atoms with Gasteiger partial charge in [-0.2, -0.15) is 5.10 Å². The van der Waals surface area contributed by atoms with Crippen LogP contribution in [0.15, 0.2) is 72.8 Å². The normalized spacial score (nSPS) is 19.1. The number of fused-ring (bicyclic) bond motifs is 1. The van der Waals surface area contributed by atoms with E-state index in [2.05, 4.69) is 0 Å². The standard InChI is InChI=1S/C32H33N3O6S/c1-39-25-12-10-22(11-13-25)29-28-30(23-7-5-4-6-8-23)34(17-15-21-9-14-26(40-2)27(19-21)41-3)32(36)31(28)35(33-29)24-16-18-42(37,38)20-24/h4-14,19,24,30H,15-18,20H2,1-3H3. The Kier molecular flexibility index (Phi) is 7.40. The summed E-state index contributed by atoms with van der Waals surface area (Å²) < 4.78 is 42.9. The Labute approximate surface area is 245 Å². The zero-order valence-electron chi connectivity index (χ0n) is 23.8. The van der Waals surface area contributed by atoms with Gasteiger partial charge < -0.3 is 19.1 Å². The lowest BCUT2D eigenvalue weighted by atomic mass is 9.96. The van der Waals surface area contributed by atoms with Gasteiger partial charge in [-0.05, 0) is 60.4 Å². The Morgan fingerprint density at radius 3 is 2.29 bits per heavy atom. The lowest BCUT2D eigenvalue weighted by Crippen LogP contribution is -2.32. The van der Waals surface area contributed by atoms with Crippen molar-refractivity contribution in [2.75, 3.05) is 39.4 Å². The number of aromatic nitrogens is 2. The minimum atomic E-state index is -3.21. The van der Waals surface area contributed by atoms with Crippen molar-refractivity contribution in [1.82, 2.24) is 14.7 Å². The lowest BCUT2D eigenvalue weighted by Gasteiger charge is -2.27. The predicted octanol–water partition coefficient (Wildman–Crippen LogP) is 4.72. The van der Waals surface area contributed by atoms with Gasteiger partial charge in [-0.3, -0.25) is 9.48 Å². The number of amides is 1. The van der Waals surface area contributed by atoms with Crippen LogP contribution in [-0.4, -0.2) is 68.4 Å². The molecule has 42 heavy (non-hydrogen) atoms. The number of ether oxygens (including phenoxy) is 3. The molecule has 0 spiro atoms. The minimum Gasteiger partial charge on any atom is -0.497 e. The van der Waals surface area contributed by atoms with Crippen LogP contribution < -0.4 is 14.2 Å². The molecule has 0 bridgehead atoms. The van der Waals surface area contributed by atoms with Gasteiger partial charge in [0.2, 0.25) is 0 Å². The Hall–Kier alpha value is -4.31. The summed E-state index contributed by atoms with van der Waals surface area (Å²) in [6, 6.07) is 22.5. The number of carbonyl (C=O) groups is 1. The first-order chi connectivity index (χ1) is 20.3. The molecule has 218 valence electrons. The van der Waals surface area contributed by atoms with E-state index < -0.39 is 21.9 Å². The van der Waals surface area contributed by atoms with Crippen LogP contribution in [0.4, 0.5) is 0 Å². The highest BCUT2D eigenvalue weighted by Crippen LogP contribution is 2.45. The van der Waals surface area contributed by atoms with Crippen LogP contribution in [0.25, 0.3) is 11.3 Å². The highest BCUT2D eigenvalue weighted by atomic mass is 32.2. The van der Waals surface area contributed by atoms with Crippen LogP contribution in [0.5, 0.6) is 17.2 Å². The van der Waals surface area contributed by atoms with Crippen LogP contribution in [-0.2, 0) is 16.3 Å². The Bertz CT molecular complexity index is 1720. The van der Waals surface area contributed by atoms with E-state index in [1.54, 1.807) is 26.0 Å². The van der Waals surface area contributed by atoms with Crippen LogP contribution >= 0.6 is 0 Å². The molecule has 2 atom stereocenters. The molecule has 2 unspecified atom stereocenters. The molecule has 9 nitrogen and oxygen atoms in total. The molecular weight excluding hydrogens is 554 g/mol. The molecule has 0 saturated carbocycles. The molecule has 0 aliphatic carbocycles. The fourth-order valence-electron chi connectivity index (χ4n) is 6.02. The first kappa shape index (κ1) is 27.8. The Morgan fingerprint density at radius 2 is 1.64 bits per heavy atom. The number of carbonyl (C=O) groups excluding carboxylic acids is 1. The van der Waals surface area contributed by atoms with Crippen LogP contribution in [0.1, 0.15) is 45.7 Å². The average molecular weight is 588 g/mol. The van der Waals surface area contributed by atoms with E-state index in [1.807, 2.05) is 77.7 Å². The van der Waals surface area contributed by atoms with Gasteiger partial charge in [0, 0.05) is 17.7 Å². The number of hydrogen-bond acceptors (Lipinski definition) is 7. The molecule has 3 aromatic carbocycles. The summed E-state index contributed by atoms with van der Waals surface area (Å²) in [6.45, 7) is 0.438. The van der Waals surface area contributed by atoms with E-state index in [0.717, 1.165) is 22.3 Å². The van der Waals surface area contributed by atoms with E-state index in [0.29, 0.717) is 48.0 Å². The van der Waals surface area contributed by atoms with Gasteiger partial charge in [-0.15, -0.1) is 0 Å². The molecule has 2 aliphatic rings. The van der Waals surface area contributed by atoms with E-state index in [9.17, 15) is 13.2 Å². The molecule has 1 fully saturated rings. The molecule has 0 radical (unpaired) electrons. The molecule has 2 aliphatic heterocycles. The predicted molar refractivity (Wildman–Crippen MR) is 159 cm³/mol. The number of hydrogen-bond donors (Lipinski definition) is 0. The molecular formula is C32H33N3O6S. The molecule has 10 heteroatoms. The summed E-state index contributed by atoms with van der Waals surface area (Å²) in [5.41, 5.74) is 4.74. The summed E-state index contributed by atoms with van der Waals surface area (Å²) in [7, 11) is 1.61. The first-order valence-electron chi connectivity index (χ1n) is 13.9. The van der Waals surface area contributed by atoms with Gasteiger partial charge in [0.15, 0.2) is 21.3 Å². The largest absolute Gasteiger partial charge is 0.497 e. The molecule has 1 aromatic heterocycles. The van der Waals surface area contributed by atoms with Gasteiger partial charge in [0.1, 0.15) is 11.4 Å². The number of methoxy groups -OCH3 is 3. The van der Waals surface area contributed by atoms with Crippen molar-refractivity contribution >= 4 is 15.7 Å². The quantitative estimate of drug-likeness (QED) is 0.279. The number of benzene rings is 3. The maximum Gasteiger partial charge on any atom is 0.273 e. The zero-order valence-corrected chi connectivity index (χ0v) is 24.6. The fourth-order valence-corrected chi connectivity index (χ4v) is 7.71. The smallest absolute Gasteiger partial charge is 0.273 e. The van der Waals surface area contributed by atoms with E-state index in [4.69, 9.17) is 19.3 Å². The maximum absolute atomic E-state index is 14.4. The van der Waals surface area contributed by atoms with E-state index >= 15 is 0 Å². The highest BCUT2D eigenvalue weighted by molar-refractivity contribution is 7.91. The third kappa shape index (κ3) is 5.00. The van der Waals surface area contributed by atoms with Crippen molar-refractivity contribution in [1.29, 1.82) is 0 Å². The highest BCUT2D eigenvalue weighted by Gasteiger charge is 2.46. The van der Waals surface area contributed by atoms with Gasteiger partial charge >= 0.3 is 0 Å². The van der Waals surface area contributed by atoms with Crippen LogP contribution in [0.2, 0.25) is 0 Å². The summed E-state index contributed by atoms with van der Waals surface area (Å²) in [5, 5.41) is 4.96. The van der Waals surface area contributed by atoms with E-state index in [-0.39, 0.29) is 17.4 Å². The second-order valence-corrected chi connectivity index (χ2v) is 12.8. The van der Waals surface area contributed by atoms with Crippen molar-refractivity contribution in [3.63, 3.8) is 0 Å². The summed E-state index contributed by atoms with van der Waals surface area (Å²) in [6.07, 6.45) is 1.01. The van der Waals surface area contributed by atoms with Crippen LogP contribution in [0, 0.1) is 0 Å².